The van der Waals surface area contributed by atoms with E-state index in [0.717, 1.165) is 25.7 Å². The monoisotopic (exact) mass is 272 g/mol. The quantitative estimate of drug-likeness (QED) is 0.726. The van der Waals surface area contributed by atoms with Crippen molar-refractivity contribution in [1.29, 1.82) is 0 Å². The van der Waals surface area contributed by atoms with Crippen molar-refractivity contribution < 1.29 is 14.7 Å². The Bertz CT molecular complexity index is 336. The lowest BCUT2D eigenvalue weighted by molar-refractivity contribution is -0.140. The summed E-state index contributed by atoms with van der Waals surface area (Å²) in [5.41, 5.74) is -0.986. The van der Waals surface area contributed by atoms with Crippen molar-refractivity contribution in [3.05, 3.63) is 0 Å². The fourth-order valence-electron chi connectivity index (χ4n) is 2.40. The minimum atomic E-state index is -0.986. The maximum absolute atomic E-state index is 11.7. The third-order valence-corrected chi connectivity index (χ3v) is 4.99. The van der Waals surface area contributed by atoms with Gasteiger partial charge in [0.2, 0.25) is 0 Å². The van der Waals surface area contributed by atoms with Crippen molar-refractivity contribution in [3.63, 3.8) is 0 Å². The summed E-state index contributed by atoms with van der Waals surface area (Å²) in [5, 5.41) is 15.2. The number of hydrogen-bond donors (Lipinski definition) is 3. The first-order valence-corrected chi connectivity index (χ1v) is 7.69. The number of thioether (sulfide) groups is 1. The van der Waals surface area contributed by atoms with Gasteiger partial charge in [0.25, 0.3) is 0 Å². The molecule has 0 saturated heterocycles. The highest BCUT2D eigenvalue weighted by Crippen LogP contribution is 2.35. The highest BCUT2D eigenvalue weighted by Gasteiger charge is 2.51. The molecule has 3 N–H and O–H groups in total. The molecule has 0 bridgehead atoms. The highest BCUT2D eigenvalue weighted by atomic mass is 32.2. The van der Waals surface area contributed by atoms with Gasteiger partial charge in [-0.25, -0.2) is 9.59 Å². The highest BCUT2D eigenvalue weighted by molar-refractivity contribution is 7.99. The van der Waals surface area contributed by atoms with E-state index >= 15 is 0 Å². The average molecular weight is 272 g/mol. The Balaban J connectivity index is 1.74. The van der Waals surface area contributed by atoms with Crippen LogP contribution in [0, 0.1) is 0 Å². The van der Waals surface area contributed by atoms with Gasteiger partial charge in [0.1, 0.15) is 5.54 Å². The second-order valence-electron chi connectivity index (χ2n) is 5.20. The summed E-state index contributed by atoms with van der Waals surface area (Å²) in [6, 6.07) is -0.138. The van der Waals surface area contributed by atoms with Crippen LogP contribution in [-0.4, -0.2) is 40.2 Å². The maximum atomic E-state index is 11.7. The number of carboxylic acid groups (broad SMARTS) is 1. The first-order valence-electron chi connectivity index (χ1n) is 6.40. The summed E-state index contributed by atoms with van der Waals surface area (Å²) < 4.78 is 0. The second-order valence-corrected chi connectivity index (χ2v) is 6.33. The van der Waals surface area contributed by atoms with E-state index in [1.165, 1.54) is 0 Å². The molecule has 2 amide bonds. The van der Waals surface area contributed by atoms with E-state index < -0.39 is 11.5 Å². The summed E-state index contributed by atoms with van der Waals surface area (Å²) in [6.07, 6.45) is 7.41. The minimum Gasteiger partial charge on any atom is -0.480 e. The molecule has 2 fully saturated rings. The number of amides is 2. The Kier molecular flexibility index (Phi) is 4.04. The number of carboxylic acids is 1. The van der Waals surface area contributed by atoms with Crippen molar-refractivity contribution >= 4 is 23.8 Å². The van der Waals surface area contributed by atoms with Gasteiger partial charge in [-0.2, -0.15) is 11.8 Å². The predicted molar refractivity (Wildman–Crippen MR) is 70.8 cm³/mol. The lowest BCUT2D eigenvalue weighted by Crippen LogP contribution is -2.51. The van der Waals surface area contributed by atoms with Gasteiger partial charge in [-0.1, -0.05) is 0 Å². The van der Waals surface area contributed by atoms with Gasteiger partial charge >= 0.3 is 12.0 Å². The summed E-state index contributed by atoms with van der Waals surface area (Å²) in [4.78, 5) is 22.7. The first kappa shape index (κ1) is 13.5. The van der Waals surface area contributed by atoms with Gasteiger partial charge in [-0.15, -0.1) is 0 Å². The molecule has 0 spiro atoms. The zero-order valence-electron chi connectivity index (χ0n) is 10.6. The third-order valence-electron chi connectivity index (χ3n) is 3.85. The van der Waals surface area contributed by atoms with Crippen LogP contribution in [0.4, 0.5) is 4.79 Å². The number of carbonyl (C=O) groups is 2. The Morgan fingerprint density at radius 2 is 1.83 bits per heavy atom. The van der Waals surface area contributed by atoms with Crippen molar-refractivity contribution in [1.82, 2.24) is 10.6 Å². The Labute approximate surface area is 111 Å². The van der Waals surface area contributed by atoms with E-state index in [0.29, 0.717) is 18.1 Å². The Hall–Kier alpha value is -0.910. The van der Waals surface area contributed by atoms with Gasteiger partial charge in [-0.3, -0.25) is 0 Å². The minimum absolute atomic E-state index is 0.193. The number of aliphatic carboxylic acids is 1. The molecule has 0 aromatic heterocycles. The summed E-state index contributed by atoms with van der Waals surface area (Å²) in [6.45, 7) is 0. The molecule has 0 atom stereocenters. The molecule has 5 nitrogen and oxygen atoms in total. The second kappa shape index (κ2) is 5.38. The average Bonchev–Trinajstić information content (AvgIpc) is 3.11. The standard InChI is InChI=1S/C12H20N2O3S/c1-18-9-4-2-8(3-5-9)13-11(17)14-12(6-7-12)10(15)16/h8-9H,2-7H2,1H3,(H,15,16)(H2,13,14,17). The van der Waals surface area contributed by atoms with Crippen LogP contribution in [0.5, 0.6) is 0 Å². The molecule has 18 heavy (non-hydrogen) atoms. The van der Waals surface area contributed by atoms with Crippen LogP contribution < -0.4 is 10.6 Å². The normalized spacial score (nSPS) is 29.4. The van der Waals surface area contributed by atoms with E-state index in [2.05, 4.69) is 16.9 Å². The largest absolute Gasteiger partial charge is 0.480 e. The Morgan fingerprint density at radius 3 is 2.28 bits per heavy atom. The third kappa shape index (κ3) is 3.10. The molecule has 0 unspecified atom stereocenters. The molecule has 0 radical (unpaired) electrons. The number of urea groups is 1. The maximum Gasteiger partial charge on any atom is 0.329 e. The molecular formula is C12H20N2O3S. The molecule has 2 aliphatic carbocycles. The van der Waals surface area contributed by atoms with Crippen molar-refractivity contribution in [2.45, 2.75) is 55.4 Å². The van der Waals surface area contributed by atoms with Gasteiger partial charge in [0.15, 0.2) is 0 Å². The van der Waals surface area contributed by atoms with Gasteiger partial charge in [-0.05, 0) is 44.8 Å². The molecule has 0 aliphatic heterocycles. The van der Waals surface area contributed by atoms with Crippen LogP contribution in [-0.2, 0) is 4.79 Å². The predicted octanol–water partition coefficient (Wildman–Crippen LogP) is 1.58. The van der Waals surface area contributed by atoms with Crippen molar-refractivity contribution in [2.75, 3.05) is 6.26 Å². The number of hydrogen-bond acceptors (Lipinski definition) is 3. The molecule has 102 valence electrons. The van der Waals surface area contributed by atoms with Crippen LogP contribution >= 0.6 is 11.8 Å². The van der Waals surface area contributed by atoms with Gasteiger partial charge in [0, 0.05) is 11.3 Å². The van der Waals surface area contributed by atoms with Crippen LogP contribution in [0.25, 0.3) is 0 Å². The molecule has 2 saturated carbocycles. The fraction of sp³-hybridized carbons (Fsp3) is 0.833. The molecule has 0 heterocycles. The molecule has 6 heteroatoms. The summed E-state index contributed by atoms with van der Waals surface area (Å²) in [7, 11) is 0. The van der Waals surface area contributed by atoms with Crippen LogP contribution in [0.2, 0.25) is 0 Å². The molecule has 2 rings (SSSR count). The molecule has 0 aromatic carbocycles. The van der Waals surface area contributed by atoms with Crippen LogP contribution in [0.1, 0.15) is 38.5 Å². The smallest absolute Gasteiger partial charge is 0.329 e. The Morgan fingerprint density at radius 1 is 1.22 bits per heavy atom. The van der Waals surface area contributed by atoms with Crippen molar-refractivity contribution in [3.8, 4) is 0 Å². The lowest BCUT2D eigenvalue weighted by atomic mass is 9.95. The molecule has 2 aliphatic rings. The van der Waals surface area contributed by atoms with E-state index in [4.69, 9.17) is 5.11 Å². The zero-order valence-corrected chi connectivity index (χ0v) is 11.4. The lowest BCUT2D eigenvalue weighted by Gasteiger charge is -2.28. The molecule has 0 aromatic rings. The summed E-state index contributed by atoms with van der Waals surface area (Å²) in [5.74, 6) is -0.927. The van der Waals surface area contributed by atoms with Gasteiger partial charge < -0.3 is 15.7 Å². The van der Waals surface area contributed by atoms with Crippen LogP contribution in [0.15, 0.2) is 0 Å². The van der Waals surface area contributed by atoms with Gasteiger partial charge in [0.05, 0.1) is 0 Å². The zero-order chi connectivity index (χ0) is 13.2. The topological polar surface area (TPSA) is 78.4 Å². The SMILES string of the molecule is CSC1CCC(NC(=O)NC2(C(=O)O)CC2)CC1. The van der Waals surface area contributed by atoms with Crippen LogP contribution in [0.3, 0.4) is 0 Å². The summed E-state index contributed by atoms with van der Waals surface area (Å²) >= 11 is 1.88. The number of rotatable bonds is 4. The fourth-order valence-corrected chi connectivity index (χ4v) is 3.14. The van der Waals surface area contributed by atoms with E-state index in [9.17, 15) is 9.59 Å². The first-order chi connectivity index (χ1) is 8.55. The van der Waals surface area contributed by atoms with E-state index in [1.807, 2.05) is 11.8 Å². The van der Waals surface area contributed by atoms with E-state index in [-0.39, 0.29) is 12.1 Å². The molecular weight excluding hydrogens is 252 g/mol. The van der Waals surface area contributed by atoms with Crippen molar-refractivity contribution in [2.24, 2.45) is 0 Å². The number of carbonyl (C=O) groups excluding carboxylic acids is 1. The van der Waals surface area contributed by atoms with E-state index in [1.54, 1.807) is 0 Å². The number of nitrogens with one attached hydrogen (secondary N) is 2.